The van der Waals surface area contributed by atoms with Gasteiger partial charge in [-0.3, -0.25) is 0 Å². The predicted octanol–water partition coefficient (Wildman–Crippen LogP) is 3.30. The average Bonchev–Trinajstić information content (AvgIpc) is 2.84. The van der Waals surface area contributed by atoms with Gasteiger partial charge in [0.15, 0.2) is 0 Å². The van der Waals surface area contributed by atoms with Gasteiger partial charge in [-0.15, -0.1) is 11.3 Å². The molecule has 0 amide bonds. The second kappa shape index (κ2) is 4.75. The highest BCUT2D eigenvalue weighted by Gasteiger charge is 2.22. The lowest BCUT2D eigenvalue weighted by molar-refractivity contribution is 0.413. The lowest BCUT2D eigenvalue weighted by Crippen LogP contribution is -2.29. The Morgan fingerprint density at radius 2 is 2.17 bits per heavy atom. The van der Waals surface area contributed by atoms with Crippen LogP contribution in [0.15, 0.2) is 30.3 Å². The van der Waals surface area contributed by atoms with Crippen molar-refractivity contribution in [1.82, 2.24) is 5.32 Å². The molecule has 1 aromatic carbocycles. The van der Waals surface area contributed by atoms with E-state index in [0.717, 1.165) is 18.7 Å². The molecule has 2 aromatic rings. The van der Waals surface area contributed by atoms with Crippen LogP contribution in [0.2, 0.25) is 0 Å². The molecule has 18 heavy (non-hydrogen) atoms. The number of benzene rings is 1. The molecule has 2 heterocycles. The van der Waals surface area contributed by atoms with Crippen LogP contribution in [0.1, 0.15) is 26.9 Å². The molecule has 1 unspecified atom stereocenters. The van der Waals surface area contributed by atoms with E-state index in [4.69, 9.17) is 4.74 Å². The van der Waals surface area contributed by atoms with E-state index in [1.165, 1.54) is 20.9 Å². The normalized spacial score (nSPS) is 18.4. The minimum absolute atomic E-state index is 0.346. The van der Waals surface area contributed by atoms with Gasteiger partial charge in [0, 0.05) is 16.3 Å². The number of fused-ring (bicyclic) bond motifs is 1. The molecule has 0 bridgehead atoms. The maximum atomic E-state index is 5.31. The third-order valence-corrected chi connectivity index (χ3v) is 4.52. The Hall–Kier alpha value is -1.32. The highest BCUT2D eigenvalue weighted by atomic mass is 32.1. The van der Waals surface area contributed by atoms with Gasteiger partial charge in [0.25, 0.3) is 0 Å². The third-order valence-electron chi connectivity index (χ3n) is 3.45. The second-order valence-corrected chi connectivity index (χ2v) is 5.97. The fourth-order valence-electron chi connectivity index (χ4n) is 2.53. The molecule has 3 heteroatoms. The summed E-state index contributed by atoms with van der Waals surface area (Å²) in [5.41, 5.74) is 2.80. The predicted molar refractivity (Wildman–Crippen MR) is 75.6 cm³/mol. The van der Waals surface area contributed by atoms with Gasteiger partial charge in [0.2, 0.25) is 0 Å². The molecule has 2 nitrogen and oxygen atoms in total. The first-order chi connectivity index (χ1) is 8.78. The zero-order valence-corrected chi connectivity index (χ0v) is 11.5. The molecule has 1 atom stereocenters. The van der Waals surface area contributed by atoms with Crippen LogP contribution in [0.5, 0.6) is 5.75 Å². The van der Waals surface area contributed by atoms with E-state index in [-0.39, 0.29) is 0 Å². The van der Waals surface area contributed by atoms with E-state index >= 15 is 0 Å². The highest BCUT2D eigenvalue weighted by molar-refractivity contribution is 7.12. The number of hydrogen-bond acceptors (Lipinski definition) is 3. The van der Waals surface area contributed by atoms with Crippen LogP contribution in [0, 0.1) is 6.92 Å². The van der Waals surface area contributed by atoms with Crippen LogP contribution in [0.3, 0.4) is 0 Å². The topological polar surface area (TPSA) is 21.3 Å². The van der Waals surface area contributed by atoms with Gasteiger partial charge in [-0.05, 0) is 48.7 Å². The van der Waals surface area contributed by atoms with Crippen LogP contribution >= 0.6 is 11.3 Å². The Morgan fingerprint density at radius 3 is 2.89 bits per heavy atom. The van der Waals surface area contributed by atoms with E-state index < -0.39 is 0 Å². The molecule has 1 N–H and O–H groups in total. The Balaban J connectivity index is 2.01. The summed E-state index contributed by atoms with van der Waals surface area (Å²) in [4.78, 5) is 2.77. The number of nitrogens with one attached hydrogen (secondary N) is 1. The molecule has 1 aliphatic rings. The maximum Gasteiger partial charge on any atom is 0.119 e. The Morgan fingerprint density at radius 1 is 1.28 bits per heavy atom. The average molecular weight is 259 g/mol. The summed E-state index contributed by atoms with van der Waals surface area (Å²) < 4.78 is 5.31. The summed E-state index contributed by atoms with van der Waals surface area (Å²) >= 11 is 1.87. The van der Waals surface area contributed by atoms with Crippen molar-refractivity contribution in [3.05, 3.63) is 51.2 Å². The summed E-state index contributed by atoms with van der Waals surface area (Å²) in [5.74, 6) is 0.955. The van der Waals surface area contributed by atoms with E-state index in [9.17, 15) is 0 Å². The van der Waals surface area contributed by atoms with Crippen LogP contribution in [0.4, 0.5) is 0 Å². The first kappa shape index (κ1) is 11.8. The van der Waals surface area contributed by atoms with Crippen molar-refractivity contribution in [3.8, 4) is 5.75 Å². The van der Waals surface area contributed by atoms with Crippen molar-refractivity contribution >= 4 is 11.3 Å². The van der Waals surface area contributed by atoms with E-state index in [2.05, 4.69) is 42.6 Å². The summed E-state index contributed by atoms with van der Waals surface area (Å²) in [6, 6.07) is 11.2. The monoisotopic (exact) mass is 259 g/mol. The summed E-state index contributed by atoms with van der Waals surface area (Å²) in [5, 5.41) is 3.61. The van der Waals surface area contributed by atoms with Crippen molar-refractivity contribution in [2.75, 3.05) is 13.7 Å². The largest absolute Gasteiger partial charge is 0.497 e. The molecule has 0 radical (unpaired) electrons. The Bertz CT molecular complexity index is 561. The van der Waals surface area contributed by atoms with Crippen molar-refractivity contribution in [3.63, 3.8) is 0 Å². The quantitative estimate of drug-likeness (QED) is 0.893. The number of aryl methyl sites for hydroxylation is 1. The molecule has 0 fully saturated rings. The molecule has 0 saturated carbocycles. The number of hydrogen-bond donors (Lipinski definition) is 1. The van der Waals surface area contributed by atoms with Crippen molar-refractivity contribution in [1.29, 1.82) is 0 Å². The summed E-state index contributed by atoms with van der Waals surface area (Å²) in [6.45, 7) is 3.19. The van der Waals surface area contributed by atoms with Gasteiger partial charge in [-0.1, -0.05) is 6.07 Å². The third kappa shape index (κ3) is 2.04. The Labute approximate surface area is 112 Å². The SMILES string of the molecule is COc1ccc2c(c1)CCNC2c1ccc(C)s1. The number of ether oxygens (including phenoxy) is 1. The molecule has 1 aromatic heterocycles. The van der Waals surface area contributed by atoms with Crippen LogP contribution < -0.4 is 10.1 Å². The van der Waals surface area contributed by atoms with Crippen LogP contribution in [-0.4, -0.2) is 13.7 Å². The summed E-state index contributed by atoms with van der Waals surface area (Å²) in [6.07, 6.45) is 1.08. The van der Waals surface area contributed by atoms with Gasteiger partial charge in [-0.25, -0.2) is 0 Å². The van der Waals surface area contributed by atoms with Crippen molar-refractivity contribution in [2.24, 2.45) is 0 Å². The number of methoxy groups -OCH3 is 1. The van der Waals surface area contributed by atoms with Gasteiger partial charge in [0.1, 0.15) is 5.75 Å². The minimum Gasteiger partial charge on any atom is -0.497 e. The smallest absolute Gasteiger partial charge is 0.119 e. The lowest BCUT2D eigenvalue weighted by atomic mass is 9.93. The van der Waals surface area contributed by atoms with Gasteiger partial charge in [0.05, 0.1) is 13.2 Å². The maximum absolute atomic E-state index is 5.31. The zero-order chi connectivity index (χ0) is 12.5. The zero-order valence-electron chi connectivity index (χ0n) is 10.7. The van der Waals surface area contributed by atoms with Gasteiger partial charge in [-0.2, -0.15) is 0 Å². The summed E-state index contributed by atoms with van der Waals surface area (Å²) in [7, 11) is 1.73. The molecular weight excluding hydrogens is 242 g/mol. The van der Waals surface area contributed by atoms with Crippen LogP contribution in [-0.2, 0) is 6.42 Å². The van der Waals surface area contributed by atoms with E-state index in [1.54, 1.807) is 7.11 Å². The lowest BCUT2D eigenvalue weighted by Gasteiger charge is -2.26. The first-order valence-corrected chi connectivity index (χ1v) is 7.06. The molecule has 0 saturated heterocycles. The van der Waals surface area contributed by atoms with Crippen LogP contribution in [0.25, 0.3) is 0 Å². The van der Waals surface area contributed by atoms with E-state index in [1.807, 2.05) is 11.3 Å². The first-order valence-electron chi connectivity index (χ1n) is 6.24. The fraction of sp³-hybridized carbons (Fsp3) is 0.333. The van der Waals surface area contributed by atoms with E-state index in [0.29, 0.717) is 6.04 Å². The number of rotatable bonds is 2. The molecule has 94 valence electrons. The fourth-order valence-corrected chi connectivity index (χ4v) is 3.50. The molecular formula is C15H17NOS. The van der Waals surface area contributed by atoms with Gasteiger partial charge < -0.3 is 10.1 Å². The van der Waals surface area contributed by atoms with Crippen molar-refractivity contribution in [2.45, 2.75) is 19.4 Å². The minimum atomic E-state index is 0.346. The number of thiophene rings is 1. The van der Waals surface area contributed by atoms with Gasteiger partial charge >= 0.3 is 0 Å². The molecule has 1 aliphatic heterocycles. The molecule has 0 spiro atoms. The van der Waals surface area contributed by atoms with Crippen molar-refractivity contribution < 1.29 is 4.74 Å². The second-order valence-electron chi connectivity index (χ2n) is 4.65. The highest BCUT2D eigenvalue weighted by Crippen LogP contribution is 2.34. The molecule has 3 rings (SSSR count). The molecule has 0 aliphatic carbocycles. The Kier molecular flexibility index (Phi) is 3.10. The standard InChI is InChI=1S/C15H17NOS/c1-10-3-6-14(18-10)15-13-5-4-12(17-2)9-11(13)7-8-16-15/h3-6,9,15-16H,7-8H2,1-2H3.